The summed E-state index contributed by atoms with van der Waals surface area (Å²) in [5.41, 5.74) is 0.323. The van der Waals surface area contributed by atoms with Crippen LogP contribution in [0.1, 0.15) is 70.7 Å². The van der Waals surface area contributed by atoms with E-state index in [4.69, 9.17) is 14.2 Å². The second kappa shape index (κ2) is 18.7. The van der Waals surface area contributed by atoms with Gasteiger partial charge in [0.2, 0.25) is 0 Å². The van der Waals surface area contributed by atoms with Gasteiger partial charge in [-0.25, -0.2) is 34.6 Å². The number of rotatable bonds is 18. The quantitative estimate of drug-likeness (QED) is 0.0648. The maximum atomic E-state index is 16.4. The van der Waals surface area contributed by atoms with E-state index in [1.165, 1.54) is 62.5 Å². The van der Waals surface area contributed by atoms with Crippen molar-refractivity contribution in [2.45, 2.75) is 69.9 Å². The molecule has 17 heteroatoms. The fraction of sp³-hybridized carbons (Fsp3) is 0.311. The number of esters is 2. The van der Waals surface area contributed by atoms with Gasteiger partial charge in [0.15, 0.2) is 21.4 Å². The number of H-pyrrole nitrogens is 1. The van der Waals surface area contributed by atoms with Gasteiger partial charge in [-0.05, 0) is 109 Å². The lowest BCUT2D eigenvalue weighted by Gasteiger charge is -2.31. The summed E-state index contributed by atoms with van der Waals surface area (Å²) in [5, 5.41) is 0.0241. The highest BCUT2D eigenvalue weighted by atomic mass is 127. The molecule has 0 aliphatic carbocycles. The van der Waals surface area contributed by atoms with Crippen LogP contribution in [0.3, 0.4) is 0 Å². The van der Waals surface area contributed by atoms with Crippen molar-refractivity contribution in [2.24, 2.45) is 5.41 Å². The zero-order valence-corrected chi connectivity index (χ0v) is 38.5. The summed E-state index contributed by atoms with van der Waals surface area (Å²) in [6, 6.07) is 21.3. The van der Waals surface area contributed by atoms with E-state index in [-0.39, 0.29) is 63.1 Å². The van der Waals surface area contributed by atoms with E-state index in [0.29, 0.717) is 12.1 Å². The molecule has 1 unspecified atom stereocenters. The number of benzene rings is 4. The first kappa shape index (κ1) is 46.4. The van der Waals surface area contributed by atoms with Crippen LogP contribution in [0.15, 0.2) is 102 Å². The summed E-state index contributed by atoms with van der Waals surface area (Å²) in [6.07, 6.45) is 4.97. The third-order valence-corrected chi connectivity index (χ3v) is 14.3. The Morgan fingerprint density at radius 2 is 1.63 bits per heavy atom. The van der Waals surface area contributed by atoms with Crippen molar-refractivity contribution < 1.29 is 49.4 Å². The molecule has 1 atom stereocenters. The maximum absolute atomic E-state index is 16.4. The van der Waals surface area contributed by atoms with Crippen molar-refractivity contribution in [1.82, 2.24) is 13.9 Å². The summed E-state index contributed by atoms with van der Waals surface area (Å²) >= 11 is 2.25. The molecule has 62 heavy (non-hydrogen) atoms. The molecule has 0 saturated carbocycles. The predicted molar refractivity (Wildman–Crippen MR) is 239 cm³/mol. The van der Waals surface area contributed by atoms with Crippen LogP contribution in [0.5, 0.6) is 11.5 Å². The number of ether oxygens (including phenoxy) is 3. The van der Waals surface area contributed by atoms with Gasteiger partial charge < -0.3 is 19.2 Å². The SMILES string of the molecule is CCOC(=O)CS(=O)(=O)Cc1c(Oc2ccc(F)c(-c3ncc(C(C)(CCCC(C)(C)COC(C)=O)c4cccc(I)c4)[nH]3)c2)c(F)cc2c1ccn2S(=O)(=O)c1ccccc1. The molecule has 2 aromatic heterocycles. The molecular weight excluding hydrogens is 956 g/mol. The highest BCUT2D eigenvalue weighted by Gasteiger charge is 2.33. The number of sulfone groups is 1. The molecule has 0 spiro atoms. The van der Waals surface area contributed by atoms with Gasteiger partial charge in [0.05, 0.1) is 34.9 Å². The number of hydrogen-bond acceptors (Lipinski definition) is 10. The number of hydrogen-bond donors (Lipinski definition) is 1. The van der Waals surface area contributed by atoms with Crippen LogP contribution in [-0.4, -0.2) is 61.7 Å². The molecule has 0 fully saturated rings. The van der Waals surface area contributed by atoms with Crippen molar-refractivity contribution in [3.8, 4) is 22.9 Å². The van der Waals surface area contributed by atoms with Crippen molar-refractivity contribution in [3.63, 3.8) is 0 Å². The molecule has 0 bridgehead atoms. The molecule has 0 saturated heterocycles. The van der Waals surface area contributed by atoms with E-state index in [1.807, 2.05) is 32.0 Å². The minimum absolute atomic E-state index is 0.0241. The normalized spacial score (nSPS) is 13.2. The van der Waals surface area contributed by atoms with Gasteiger partial charge in [-0.3, -0.25) is 9.59 Å². The summed E-state index contributed by atoms with van der Waals surface area (Å²) in [4.78, 5) is 31.6. The van der Waals surface area contributed by atoms with Crippen LogP contribution in [0.2, 0.25) is 0 Å². The van der Waals surface area contributed by atoms with E-state index in [9.17, 15) is 26.4 Å². The van der Waals surface area contributed by atoms with Crippen LogP contribution in [0.25, 0.3) is 22.3 Å². The Kier molecular flexibility index (Phi) is 14.0. The first-order valence-electron chi connectivity index (χ1n) is 19.6. The van der Waals surface area contributed by atoms with Crippen LogP contribution in [-0.2, 0) is 50.1 Å². The zero-order valence-electron chi connectivity index (χ0n) is 34.7. The number of carbonyl (C=O) groups is 2. The van der Waals surface area contributed by atoms with Crippen LogP contribution >= 0.6 is 22.6 Å². The van der Waals surface area contributed by atoms with Crippen molar-refractivity contribution in [2.75, 3.05) is 19.0 Å². The van der Waals surface area contributed by atoms with Crippen molar-refractivity contribution >= 4 is 65.3 Å². The van der Waals surface area contributed by atoms with Crippen molar-refractivity contribution in [1.29, 1.82) is 0 Å². The summed E-state index contributed by atoms with van der Waals surface area (Å²) in [7, 11) is -8.62. The van der Waals surface area contributed by atoms with Crippen LogP contribution < -0.4 is 4.74 Å². The topological polar surface area (TPSA) is 164 Å². The minimum atomic E-state index is -4.35. The maximum Gasteiger partial charge on any atom is 0.321 e. The highest BCUT2D eigenvalue weighted by molar-refractivity contribution is 14.1. The number of halogens is 3. The number of nitrogens with one attached hydrogen (secondary N) is 1. The number of imidazole rings is 1. The lowest BCUT2D eigenvalue weighted by molar-refractivity contribution is -0.144. The standard InChI is InChI=1S/C45H46F2IN3O9S2/c1-6-58-41(53)27-61(54,55)26-36-34-18-21-51(62(56,57)33-14-8-7-9-15-33)39(34)24-38(47)42(36)60-32-16-17-37(46)35(23-32)43-49-25-40(50-43)45(5,30-12-10-13-31(48)22-30)20-11-19-44(3,4)28-59-29(2)52/h7-10,12-18,21-25H,6,11,19-20,26-28H2,1-5H3,(H,49,50). The molecule has 4 aromatic carbocycles. The van der Waals surface area contributed by atoms with Gasteiger partial charge >= 0.3 is 11.9 Å². The largest absolute Gasteiger partial charge is 0.465 e. The Labute approximate surface area is 373 Å². The number of nitrogens with zero attached hydrogens (tertiary/aromatic N) is 2. The predicted octanol–water partition coefficient (Wildman–Crippen LogP) is 9.49. The second-order valence-electron chi connectivity index (χ2n) is 15.9. The van der Waals surface area contributed by atoms with E-state index in [2.05, 4.69) is 45.5 Å². The van der Waals surface area contributed by atoms with Gasteiger partial charge in [-0.2, -0.15) is 0 Å². The molecule has 1 N–H and O–H groups in total. The minimum Gasteiger partial charge on any atom is -0.465 e. The smallest absolute Gasteiger partial charge is 0.321 e. The molecule has 0 aliphatic heterocycles. The van der Waals surface area contributed by atoms with Gasteiger partial charge in [0.25, 0.3) is 10.0 Å². The summed E-state index contributed by atoms with van der Waals surface area (Å²) in [6.45, 7) is 9.24. The number of aromatic nitrogens is 3. The van der Waals surface area contributed by atoms with Crippen molar-refractivity contribution in [3.05, 3.63) is 129 Å². The monoisotopic (exact) mass is 1000 g/mol. The molecular formula is C45H46F2IN3O9S2. The van der Waals surface area contributed by atoms with Gasteiger partial charge in [0.1, 0.15) is 23.1 Å². The Balaban J connectivity index is 1.38. The van der Waals surface area contributed by atoms with Gasteiger partial charge in [-0.15, -0.1) is 0 Å². The molecule has 2 heterocycles. The third-order valence-electron chi connectivity index (χ3n) is 10.5. The third kappa shape index (κ3) is 10.5. The molecule has 328 valence electrons. The summed E-state index contributed by atoms with van der Waals surface area (Å²) in [5.74, 6) is -5.63. The van der Waals surface area contributed by atoms with Gasteiger partial charge in [0, 0.05) is 51.0 Å². The fourth-order valence-corrected chi connectivity index (χ4v) is 10.4. The molecule has 6 aromatic rings. The Bertz CT molecular complexity index is 2850. The average molecular weight is 1000 g/mol. The van der Waals surface area contributed by atoms with Crippen LogP contribution in [0.4, 0.5) is 8.78 Å². The Morgan fingerprint density at radius 3 is 2.32 bits per heavy atom. The first-order chi connectivity index (χ1) is 29.2. The summed E-state index contributed by atoms with van der Waals surface area (Å²) < 4.78 is 104. The molecule has 6 rings (SSSR count). The first-order valence-corrected chi connectivity index (χ1v) is 24.0. The van der Waals surface area contributed by atoms with E-state index in [1.54, 1.807) is 12.3 Å². The number of fused-ring (bicyclic) bond motifs is 1. The van der Waals surface area contributed by atoms with E-state index in [0.717, 1.165) is 38.1 Å². The lowest BCUT2D eigenvalue weighted by Crippen LogP contribution is -2.26. The zero-order chi connectivity index (χ0) is 45.0. The average Bonchev–Trinajstić information content (AvgIpc) is 3.88. The molecule has 0 amide bonds. The Morgan fingerprint density at radius 1 is 0.887 bits per heavy atom. The molecule has 0 aliphatic rings. The Hall–Kier alpha value is -5.14. The van der Waals surface area contributed by atoms with Crippen LogP contribution in [0, 0.1) is 20.6 Å². The molecule has 0 radical (unpaired) electrons. The van der Waals surface area contributed by atoms with E-state index >= 15 is 8.78 Å². The number of carbonyl (C=O) groups excluding carboxylic acids is 2. The fourth-order valence-electron chi connectivity index (χ4n) is 7.26. The second-order valence-corrected chi connectivity index (χ2v) is 21.0. The number of aromatic amines is 1. The lowest BCUT2D eigenvalue weighted by atomic mass is 9.74. The van der Waals surface area contributed by atoms with E-state index < -0.39 is 60.1 Å². The molecule has 12 nitrogen and oxygen atoms in total. The van der Waals surface area contributed by atoms with Gasteiger partial charge in [-0.1, -0.05) is 50.6 Å². The highest BCUT2D eigenvalue weighted by Crippen LogP contribution is 2.41.